The highest BCUT2D eigenvalue weighted by atomic mass is 16.5. The summed E-state index contributed by atoms with van der Waals surface area (Å²) in [7, 11) is 0. The third-order valence-electron chi connectivity index (χ3n) is 5.50. The Morgan fingerprint density at radius 3 is 2.29 bits per heavy atom. The molecule has 122 valence electrons. The van der Waals surface area contributed by atoms with E-state index in [1.807, 2.05) is 13.8 Å². The summed E-state index contributed by atoms with van der Waals surface area (Å²) in [5.74, 6) is 2.01. The molecule has 0 radical (unpaired) electrons. The summed E-state index contributed by atoms with van der Waals surface area (Å²) in [6.45, 7) is 9.12. The summed E-state index contributed by atoms with van der Waals surface area (Å²) < 4.78 is 5.64. The zero-order valence-electron chi connectivity index (χ0n) is 14.2. The third kappa shape index (κ3) is 4.00. The molecule has 0 aliphatic heterocycles. The van der Waals surface area contributed by atoms with Gasteiger partial charge in [0.25, 0.3) is 0 Å². The van der Waals surface area contributed by atoms with Gasteiger partial charge in [-0.15, -0.1) is 0 Å². The number of ether oxygens (including phenoxy) is 1. The lowest BCUT2D eigenvalue weighted by Crippen LogP contribution is -2.45. The molecule has 0 aromatic rings. The van der Waals surface area contributed by atoms with Gasteiger partial charge in [0.2, 0.25) is 0 Å². The van der Waals surface area contributed by atoms with Crippen LogP contribution >= 0.6 is 0 Å². The van der Waals surface area contributed by atoms with Gasteiger partial charge in [0.05, 0.1) is 12.0 Å². The molecule has 0 amide bonds. The van der Waals surface area contributed by atoms with E-state index in [4.69, 9.17) is 4.74 Å². The fraction of sp³-hybridized carbons (Fsp3) is 0.944. The number of aliphatic hydroxyl groups is 1. The lowest BCUT2D eigenvalue weighted by molar-refractivity contribution is -0.166. The van der Waals surface area contributed by atoms with Crippen LogP contribution in [0.5, 0.6) is 0 Å². The number of fused-ring (bicyclic) bond motifs is 2. The molecule has 21 heavy (non-hydrogen) atoms. The van der Waals surface area contributed by atoms with Crippen molar-refractivity contribution >= 4 is 5.97 Å². The largest absolute Gasteiger partial charge is 0.465 e. The molecule has 3 heteroatoms. The summed E-state index contributed by atoms with van der Waals surface area (Å²) in [6, 6.07) is 0. The fourth-order valence-corrected chi connectivity index (χ4v) is 4.61. The second-order valence-electron chi connectivity index (χ2n) is 8.65. The molecule has 0 aromatic heterocycles. The van der Waals surface area contributed by atoms with Crippen molar-refractivity contribution in [2.24, 2.45) is 28.6 Å². The van der Waals surface area contributed by atoms with Crippen LogP contribution in [0.2, 0.25) is 0 Å². The van der Waals surface area contributed by atoms with Crippen LogP contribution in [0.3, 0.4) is 0 Å². The molecule has 3 nitrogen and oxygen atoms in total. The maximum Gasteiger partial charge on any atom is 0.312 e. The normalized spacial score (nSPS) is 36.3. The molecule has 2 unspecified atom stereocenters. The molecule has 2 bridgehead atoms. The summed E-state index contributed by atoms with van der Waals surface area (Å²) in [5.41, 5.74) is -0.385. The molecular weight excluding hydrogens is 264 g/mol. The minimum Gasteiger partial charge on any atom is -0.465 e. The molecule has 2 saturated carbocycles. The maximum atomic E-state index is 12.7. The van der Waals surface area contributed by atoms with Crippen molar-refractivity contribution in [1.82, 2.24) is 0 Å². The van der Waals surface area contributed by atoms with Gasteiger partial charge in [-0.25, -0.2) is 0 Å². The van der Waals surface area contributed by atoms with Gasteiger partial charge in [0.1, 0.15) is 0 Å². The highest BCUT2D eigenvalue weighted by Crippen LogP contribution is 2.53. The van der Waals surface area contributed by atoms with E-state index in [0.717, 1.165) is 25.7 Å². The minimum absolute atomic E-state index is 0.0272. The van der Waals surface area contributed by atoms with Crippen molar-refractivity contribution in [1.29, 1.82) is 0 Å². The number of carbonyl (C=O) groups excluding carboxylic acids is 1. The van der Waals surface area contributed by atoms with E-state index in [-0.39, 0.29) is 23.4 Å². The first kappa shape index (κ1) is 16.8. The lowest BCUT2D eigenvalue weighted by Gasteiger charge is -2.48. The fourth-order valence-electron chi connectivity index (χ4n) is 4.61. The number of rotatable bonds is 5. The van der Waals surface area contributed by atoms with E-state index in [1.165, 1.54) is 12.8 Å². The van der Waals surface area contributed by atoms with Crippen molar-refractivity contribution in [2.45, 2.75) is 66.2 Å². The van der Waals surface area contributed by atoms with Crippen LogP contribution in [0.25, 0.3) is 0 Å². The molecule has 0 saturated heterocycles. The first-order valence-electron chi connectivity index (χ1n) is 8.54. The molecule has 0 aromatic carbocycles. The van der Waals surface area contributed by atoms with Gasteiger partial charge in [-0.3, -0.25) is 4.79 Å². The van der Waals surface area contributed by atoms with E-state index in [1.54, 1.807) is 0 Å². The summed E-state index contributed by atoms with van der Waals surface area (Å²) in [4.78, 5) is 12.7. The Morgan fingerprint density at radius 2 is 1.76 bits per heavy atom. The van der Waals surface area contributed by atoms with Crippen LogP contribution in [0, 0.1) is 28.6 Å². The van der Waals surface area contributed by atoms with E-state index in [0.29, 0.717) is 24.4 Å². The van der Waals surface area contributed by atoms with Crippen LogP contribution in [0.15, 0.2) is 0 Å². The number of hydrogen-bond acceptors (Lipinski definition) is 3. The molecule has 0 spiro atoms. The maximum absolute atomic E-state index is 12.7. The van der Waals surface area contributed by atoms with Crippen molar-refractivity contribution in [3.63, 3.8) is 0 Å². The van der Waals surface area contributed by atoms with Gasteiger partial charge < -0.3 is 9.84 Å². The van der Waals surface area contributed by atoms with Gasteiger partial charge in [-0.2, -0.15) is 0 Å². The predicted molar refractivity (Wildman–Crippen MR) is 83.8 cm³/mol. The van der Waals surface area contributed by atoms with Crippen molar-refractivity contribution in [3.05, 3.63) is 0 Å². The number of hydrogen-bond donors (Lipinski definition) is 1. The van der Waals surface area contributed by atoms with Crippen LogP contribution in [0.4, 0.5) is 0 Å². The van der Waals surface area contributed by atoms with E-state index in [2.05, 4.69) is 13.8 Å². The van der Waals surface area contributed by atoms with Gasteiger partial charge in [0, 0.05) is 6.61 Å². The summed E-state index contributed by atoms with van der Waals surface area (Å²) >= 11 is 0. The van der Waals surface area contributed by atoms with Gasteiger partial charge >= 0.3 is 5.97 Å². The second kappa shape index (κ2) is 6.28. The smallest absolute Gasteiger partial charge is 0.312 e. The Balaban J connectivity index is 1.96. The number of esters is 1. The molecule has 1 N–H and O–H groups in total. The van der Waals surface area contributed by atoms with E-state index >= 15 is 0 Å². The number of carbonyl (C=O) groups is 1. The Labute approximate surface area is 129 Å². The Morgan fingerprint density at radius 1 is 1.19 bits per heavy atom. The summed E-state index contributed by atoms with van der Waals surface area (Å²) in [5, 5.41) is 9.28. The van der Waals surface area contributed by atoms with Crippen molar-refractivity contribution < 1.29 is 14.6 Å². The average Bonchev–Trinajstić information content (AvgIpc) is 2.36. The SMILES string of the molecule is CC1CC2CC(C)CC(C(=O)OCCC(C)(C)CO)(C1)C2. The topological polar surface area (TPSA) is 46.5 Å². The van der Waals surface area contributed by atoms with Crippen molar-refractivity contribution in [2.75, 3.05) is 13.2 Å². The van der Waals surface area contributed by atoms with Crippen LogP contribution in [-0.4, -0.2) is 24.3 Å². The zero-order valence-corrected chi connectivity index (χ0v) is 14.2. The molecule has 2 aliphatic carbocycles. The molecular formula is C18H32O3. The highest BCUT2D eigenvalue weighted by molar-refractivity contribution is 5.77. The third-order valence-corrected chi connectivity index (χ3v) is 5.50. The lowest BCUT2D eigenvalue weighted by atomic mass is 9.57. The highest BCUT2D eigenvalue weighted by Gasteiger charge is 2.50. The molecule has 2 atom stereocenters. The van der Waals surface area contributed by atoms with E-state index in [9.17, 15) is 9.90 Å². The van der Waals surface area contributed by atoms with Gasteiger partial charge in [-0.1, -0.05) is 27.7 Å². The standard InChI is InChI=1S/C18H32O3/c1-13-7-15-8-14(2)10-18(9-13,11-15)16(20)21-6-5-17(3,4)12-19/h13-15,19H,5-12H2,1-4H3. The Bertz CT molecular complexity index is 355. The molecule has 2 fully saturated rings. The molecule has 2 rings (SSSR count). The zero-order chi connectivity index (χ0) is 15.7. The van der Waals surface area contributed by atoms with Gasteiger partial charge in [-0.05, 0) is 61.7 Å². The first-order chi connectivity index (χ1) is 9.76. The van der Waals surface area contributed by atoms with E-state index < -0.39 is 0 Å². The Kier molecular flexibility index (Phi) is 5.02. The minimum atomic E-state index is -0.219. The monoisotopic (exact) mass is 296 g/mol. The predicted octanol–water partition coefficient (Wildman–Crippen LogP) is 3.79. The van der Waals surface area contributed by atoms with Crippen LogP contribution in [-0.2, 0) is 9.53 Å². The first-order valence-corrected chi connectivity index (χ1v) is 8.54. The Hall–Kier alpha value is -0.570. The average molecular weight is 296 g/mol. The molecule has 0 heterocycles. The quantitative estimate of drug-likeness (QED) is 0.785. The van der Waals surface area contributed by atoms with Crippen LogP contribution in [0.1, 0.15) is 66.2 Å². The van der Waals surface area contributed by atoms with Crippen molar-refractivity contribution in [3.8, 4) is 0 Å². The number of aliphatic hydroxyl groups excluding tert-OH is 1. The second-order valence-corrected chi connectivity index (χ2v) is 8.65. The van der Waals surface area contributed by atoms with Gasteiger partial charge in [0.15, 0.2) is 0 Å². The molecule has 2 aliphatic rings. The summed E-state index contributed by atoms with van der Waals surface area (Å²) in [6.07, 6.45) is 6.30. The van der Waals surface area contributed by atoms with Crippen LogP contribution < -0.4 is 0 Å².